The number of hydrogen-bond donors (Lipinski definition) is 0. The van der Waals surface area contributed by atoms with Gasteiger partial charge in [-0.15, -0.1) is 12.3 Å². The lowest BCUT2D eigenvalue weighted by Crippen LogP contribution is -2.29. The zero-order valence-electron chi connectivity index (χ0n) is 9.43. The van der Waals surface area contributed by atoms with Crippen molar-refractivity contribution in [1.82, 2.24) is 0 Å². The van der Waals surface area contributed by atoms with Gasteiger partial charge in [-0.05, 0) is 26.7 Å². The highest BCUT2D eigenvalue weighted by Gasteiger charge is 2.32. The van der Waals surface area contributed by atoms with Gasteiger partial charge in [0, 0.05) is 6.42 Å². The van der Waals surface area contributed by atoms with E-state index in [-0.39, 0.29) is 5.97 Å². The SMILES string of the molecule is C#CCCC(C)(CCC)C(=O)OCC. The van der Waals surface area contributed by atoms with Gasteiger partial charge in [0.2, 0.25) is 0 Å². The summed E-state index contributed by atoms with van der Waals surface area (Å²) < 4.78 is 5.05. The van der Waals surface area contributed by atoms with Gasteiger partial charge < -0.3 is 4.74 Å². The first-order valence-electron chi connectivity index (χ1n) is 5.21. The number of carbonyl (C=O) groups is 1. The Morgan fingerprint density at radius 2 is 2.07 bits per heavy atom. The Morgan fingerprint density at radius 1 is 1.43 bits per heavy atom. The van der Waals surface area contributed by atoms with E-state index in [9.17, 15) is 4.79 Å². The maximum absolute atomic E-state index is 11.7. The summed E-state index contributed by atoms with van der Waals surface area (Å²) in [6.07, 6.45) is 8.37. The van der Waals surface area contributed by atoms with Gasteiger partial charge >= 0.3 is 5.97 Å². The van der Waals surface area contributed by atoms with Crippen molar-refractivity contribution in [1.29, 1.82) is 0 Å². The predicted molar refractivity (Wildman–Crippen MR) is 57.7 cm³/mol. The monoisotopic (exact) mass is 196 g/mol. The number of hydrogen-bond acceptors (Lipinski definition) is 2. The smallest absolute Gasteiger partial charge is 0.311 e. The van der Waals surface area contributed by atoms with Crippen LogP contribution in [-0.2, 0) is 9.53 Å². The van der Waals surface area contributed by atoms with E-state index in [1.165, 1.54) is 0 Å². The third-order valence-electron chi connectivity index (χ3n) is 2.39. The van der Waals surface area contributed by atoms with Crippen LogP contribution in [0.2, 0.25) is 0 Å². The summed E-state index contributed by atoms with van der Waals surface area (Å²) in [5, 5.41) is 0. The molecule has 0 aromatic heterocycles. The molecule has 1 atom stereocenters. The molecule has 0 heterocycles. The molecule has 0 aliphatic carbocycles. The van der Waals surface area contributed by atoms with Gasteiger partial charge in [0.05, 0.1) is 12.0 Å². The third-order valence-corrected chi connectivity index (χ3v) is 2.39. The molecular formula is C12H20O2. The molecule has 0 radical (unpaired) electrons. The van der Waals surface area contributed by atoms with Gasteiger partial charge in [-0.2, -0.15) is 0 Å². The second-order valence-electron chi connectivity index (χ2n) is 3.74. The second kappa shape index (κ2) is 6.48. The molecule has 80 valence electrons. The van der Waals surface area contributed by atoms with E-state index >= 15 is 0 Å². The van der Waals surface area contributed by atoms with Gasteiger partial charge in [-0.25, -0.2) is 0 Å². The predicted octanol–water partition coefficient (Wildman–Crippen LogP) is 2.77. The molecule has 2 heteroatoms. The maximum Gasteiger partial charge on any atom is 0.311 e. The summed E-state index contributed by atoms with van der Waals surface area (Å²) in [4.78, 5) is 11.7. The summed E-state index contributed by atoms with van der Waals surface area (Å²) >= 11 is 0. The van der Waals surface area contributed by atoms with Crippen LogP contribution in [0.15, 0.2) is 0 Å². The normalized spacial score (nSPS) is 14.1. The van der Waals surface area contributed by atoms with Crippen molar-refractivity contribution in [3.8, 4) is 12.3 Å². The van der Waals surface area contributed by atoms with Crippen molar-refractivity contribution in [3.63, 3.8) is 0 Å². The van der Waals surface area contributed by atoms with Crippen LogP contribution in [0.4, 0.5) is 0 Å². The summed E-state index contributed by atoms with van der Waals surface area (Å²) in [6.45, 7) is 6.26. The molecule has 0 spiro atoms. The zero-order chi connectivity index (χ0) is 11.0. The summed E-state index contributed by atoms with van der Waals surface area (Å²) in [7, 11) is 0. The molecule has 14 heavy (non-hydrogen) atoms. The topological polar surface area (TPSA) is 26.3 Å². The highest BCUT2D eigenvalue weighted by atomic mass is 16.5. The van der Waals surface area contributed by atoms with Crippen molar-refractivity contribution >= 4 is 5.97 Å². The molecule has 0 aromatic carbocycles. The first-order chi connectivity index (χ1) is 6.60. The molecule has 0 N–H and O–H groups in total. The van der Waals surface area contributed by atoms with Crippen LogP contribution in [0.3, 0.4) is 0 Å². The fourth-order valence-electron chi connectivity index (χ4n) is 1.53. The quantitative estimate of drug-likeness (QED) is 0.482. The molecular weight excluding hydrogens is 176 g/mol. The highest BCUT2D eigenvalue weighted by molar-refractivity contribution is 5.76. The Labute approximate surface area is 87.0 Å². The van der Waals surface area contributed by atoms with Crippen molar-refractivity contribution in [3.05, 3.63) is 0 Å². The van der Waals surface area contributed by atoms with Gasteiger partial charge in [0.1, 0.15) is 0 Å². The van der Waals surface area contributed by atoms with Crippen LogP contribution < -0.4 is 0 Å². The number of ether oxygens (including phenoxy) is 1. The molecule has 0 aliphatic heterocycles. The first-order valence-corrected chi connectivity index (χ1v) is 5.21. The van der Waals surface area contributed by atoms with Crippen LogP contribution >= 0.6 is 0 Å². The lowest BCUT2D eigenvalue weighted by Gasteiger charge is -2.25. The average Bonchev–Trinajstić information content (AvgIpc) is 2.15. The molecule has 0 aromatic rings. The average molecular weight is 196 g/mol. The minimum Gasteiger partial charge on any atom is -0.466 e. The molecule has 2 nitrogen and oxygen atoms in total. The Kier molecular flexibility index (Phi) is 6.03. The van der Waals surface area contributed by atoms with E-state index in [0.29, 0.717) is 13.0 Å². The van der Waals surface area contributed by atoms with Crippen molar-refractivity contribution < 1.29 is 9.53 Å². The van der Waals surface area contributed by atoms with Gasteiger partial charge in [-0.3, -0.25) is 4.79 Å². The van der Waals surface area contributed by atoms with E-state index in [4.69, 9.17) is 11.2 Å². The number of carbonyl (C=O) groups excluding carboxylic acids is 1. The minimum atomic E-state index is -0.392. The largest absolute Gasteiger partial charge is 0.466 e. The summed E-state index contributed by atoms with van der Waals surface area (Å²) in [5.41, 5.74) is -0.392. The fourth-order valence-corrected chi connectivity index (χ4v) is 1.53. The Bertz CT molecular complexity index is 215. The molecule has 0 saturated heterocycles. The van der Waals surface area contributed by atoms with Crippen molar-refractivity contribution in [2.45, 2.75) is 46.5 Å². The lowest BCUT2D eigenvalue weighted by atomic mass is 9.81. The maximum atomic E-state index is 11.7. The molecule has 0 saturated carbocycles. The van der Waals surface area contributed by atoms with Crippen molar-refractivity contribution in [2.75, 3.05) is 6.61 Å². The second-order valence-corrected chi connectivity index (χ2v) is 3.74. The molecule has 0 aliphatic rings. The van der Waals surface area contributed by atoms with Crippen LogP contribution in [0.5, 0.6) is 0 Å². The molecule has 1 unspecified atom stereocenters. The van der Waals surface area contributed by atoms with Gasteiger partial charge in [-0.1, -0.05) is 13.3 Å². The number of esters is 1. The van der Waals surface area contributed by atoms with E-state index in [1.54, 1.807) is 0 Å². The molecule has 0 fully saturated rings. The van der Waals surface area contributed by atoms with Gasteiger partial charge in [0.25, 0.3) is 0 Å². The van der Waals surface area contributed by atoms with Crippen LogP contribution in [0, 0.1) is 17.8 Å². The molecule has 0 amide bonds. The van der Waals surface area contributed by atoms with Crippen LogP contribution in [-0.4, -0.2) is 12.6 Å². The minimum absolute atomic E-state index is 0.114. The Balaban J connectivity index is 4.37. The van der Waals surface area contributed by atoms with E-state index in [0.717, 1.165) is 19.3 Å². The summed E-state index contributed by atoms with van der Waals surface area (Å²) in [6, 6.07) is 0. The number of terminal acetylenes is 1. The van der Waals surface area contributed by atoms with E-state index in [2.05, 4.69) is 12.8 Å². The first kappa shape index (κ1) is 13.0. The fraction of sp³-hybridized carbons (Fsp3) is 0.750. The third kappa shape index (κ3) is 3.83. The standard InChI is InChI=1S/C12H20O2/c1-5-8-10-12(4,9-6-2)11(13)14-7-3/h1H,6-10H2,2-4H3. The van der Waals surface area contributed by atoms with Crippen molar-refractivity contribution in [2.24, 2.45) is 5.41 Å². The van der Waals surface area contributed by atoms with E-state index in [1.807, 2.05) is 13.8 Å². The molecule has 0 rings (SSSR count). The van der Waals surface area contributed by atoms with Crippen LogP contribution in [0.1, 0.15) is 46.5 Å². The number of rotatable bonds is 6. The lowest BCUT2D eigenvalue weighted by molar-refractivity contribution is -0.155. The van der Waals surface area contributed by atoms with Gasteiger partial charge in [0.15, 0.2) is 0 Å². The molecule has 0 bridgehead atoms. The summed E-state index contributed by atoms with van der Waals surface area (Å²) in [5.74, 6) is 2.46. The Hall–Kier alpha value is -0.970. The van der Waals surface area contributed by atoms with Crippen LogP contribution in [0.25, 0.3) is 0 Å². The Morgan fingerprint density at radius 3 is 2.50 bits per heavy atom. The zero-order valence-corrected chi connectivity index (χ0v) is 9.43. The van der Waals surface area contributed by atoms with E-state index < -0.39 is 5.41 Å². The highest BCUT2D eigenvalue weighted by Crippen LogP contribution is 2.30.